The highest BCUT2D eigenvalue weighted by Gasteiger charge is 2.20. The second-order valence-corrected chi connectivity index (χ2v) is 5.31. The summed E-state index contributed by atoms with van der Waals surface area (Å²) in [7, 11) is 0. The Labute approximate surface area is 121 Å². The standard InChI is InChI=1S/C15H15N5O/c21-15-12-8-16-18-14(12)17-13-10-19(6-7-20(13)15)9-11-4-2-1-3-5-11/h1-5,8H,6-7,9-10H2,(H,16,18). The number of hydrogen-bond donors (Lipinski definition) is 1. The largest absolute Gasteiger partial charge is 0.294 e. The summed E-state index contributed by atoms with van der Waals surface area (Å²) in [6.45, 7) is 3.08. The van der Waals surface area contributed by atoms with Crippen LogP contribution in [-0.2, 0) is 19.6 Å². The molecule has 1 aliphatic heterocycles. The molecule has 0 radical (unpaired) electrons. The fourth-order valence-corrected chi connectivity index (χ4v) is 2.82. The van der Waals surface area contributed by atoms with Crippen LogP contribution < -0.4 is 5.56 Å². The van der Waals surface area contributed by atoms with Crippen molar-refractivity contribution in [3.05, 3.63) is 58.3 Å². The third-order valence-electron chi connectivity index (χ3n) is 3.90. The zero-order valence-corrected chi connectivity index (χ0v) is 11.5. The highest BCUT2D eigenvalue weighted by molar-refractivity contribution is 5.72. The number of benzene rings is 1. The zero-order valence-electron chi connectivity index (χ0n) is 11.5. The monoisotopic (exact) mass is 281 g/mol. The molecule has 0 spiro atoms. The number of rotatable bonds is 2. The van der Waals surface area contributed by atoms with Crippen molar-refractivity contribution >= 4 is 11.0 Å². The van der Waals surface area contributed by atoms with E-state index in [9.17, 15) is 4.79 Å². The van der Waals surface area contributed by atoms with Gasteiger partial charge in [0.1, 0.15) is 11.2 Å². The van der Waals surface area contributed by atoms with E-state index in [-0.39, 0.29) is 5.56 Å². The molecular weight excluding hydrogens is 266 g/mol. The Hall–Kier alpha value is -2.47. The molecule has 3 aromatic rings. The molecule has 0 unspecified atom stereocenters. The highest BCUT2D eigenvalue weighted by atomic mass is 16.1. The number of aromatic amines is 1. The Morgan fingerprint density at radius 1 is 1.19 bits per heavy atom. The van der Waals surface area contributed by atoms with Crippen LogP contribution in [0.1, 0.15) is 11.4 Å². The molecule has 6 heteroatoms. The molecule has 6 nitrogen and oxygen atoms in total. The molecule has 2 aromatic heterocycles. The van der Waals surface area contributed by atoms with Crippen LogP contribution in [0.4, 0.5) is 0 Å². The molecule has 106 valence electrons. The normalized spacial score (nSPS) is 15.2. The van der Waals surface area contributed by atoms with E-state index in [2.05, 4.69) is 32.2 Å². The average Bonchev–Trinajstić information content (AvgIpc) is 2.97. The van der Waals surface area contributed by atoms with Gasteiger partial charge in [0.25, 0.3) is 5.56 Å². The van der Waals surface area contributed by atoms with Gasteiger partial charge < -0.3 is 0 Å². The summed E-state index contributed by atoms with van der Waals surface area (Å²) in [6, 6.07) is 10.3. The predicted molar refractivity (Wildman–Crippen MR) is 78.7 cm³/mol. The number of nitrogens with one attached hydrogen (secondary N) is 1. The number of nitrogens with zero attached hydrogens (tertiary/aromatic N) is 4. The van der Waals surface area contributed by atoms with Crippen LogP contribution in [0, 0.1) is 0 Å². The van der Waals surface area contributed by atoms with Crippen LogP contribution >= 0.6 is 0 Å². The van der Waals surface area contributed by atoms with Gasteiger partial charge >= 0.3 is 0 Å². The molecule has 1 aromatic carbocycles. The summed E-state index contributed by atoms with van der Waals surface area (Å²) in [4.78, 5) is 19.2. The Balaban J connectivity index is 1.65. The fourth-order valence-electron chi connectivity index (χ4n) is 2.82. The van der Waals surface area contributed by atoms with Crippen molar-refractivity contribution in [1.82, 2.24) is 24.6 Å². The Morgan fingerprint density at radius 3 is 2.90 bits per heavy atom. The molecule has 0 amide bonds. The van der Waals surface area contributed by atoms with Gasteiger partial charge in [0, 0.05) is 19.6 Å². The van der Waals surface area contributed by atoms with Crippen molar-refractivity contribution in [2.24, 2.45) is 0 Å². The summed E-state index contributed by atoms with van der Waals surface area (Å²) in [5.41, 5.74) is 1.85. The number of H-pyrrole nitrogens is 1. The molecule has 0 atom stereocenters. The first-order chi connectivity index (χ1) is 10.3. The first kappa shape index (κ1) is 12.3. The molecule has 4 rings (SSSR count). The fraction of sp³-hybridized carbons (Fsp3) is 0.267. The molecule has 0 saturated carbocycles. The van der Waals surface area contributed by atoms with Crippen LogP contribution in [-0.4, -0.2) is 31.2 Å². The number of aromatic nitrogens is 4. The smallest absolute Gasteiger partial charge is 0.264 e. The van der Waals surface area contributed by atoms with E-state index in [1.807, 2.05) is 18.2 Å². The highest BCUT2D eigenvalue weighted by Crippen LogP contribution is 2.14. The maximum Gasteiger partial charge on any atom is 0.264 e. The van der Waals surface area contributed by atoms with Gasteiger partial charge in [-0.05, 0) is 5.56 Å². The Morgan fingerprint density at radius 2 is 2.05 bits per heavy atom. The zero-order chi connectivity index (χ0) is 14.2. The van der Waals surface area contributed by atoms with Crippen LogP contribution in [0.3, 0.4) is 0 Å². The van der Waals surface area contributed by atoms with E-state index in [0.717, 1.165) is 18.9 Å². The van der Waals surface area contributed by atoms with Gasteiger partial charge in [0.2, 0.25) is 0 Å². The van der Waals surface area contributed by atoms with E-state index < -0.39 is 0 Å². The minimum atomic E-state index is 0.00288. The molecule has 1 N–H and O–H groups in total. The van der Waals surface area contributed by atoms with Crippen molar-refractivity contribution < 1.29 is 0 Å². The maximum atomic E-state index is 12.3. The molecule has 0 bridgehead atoms. The minimum absolute atomic E-state index is 0.00288. The average molecular weight is 281 g/mol. The van der Waals surface area contributed by atoms with Crippen molar-refractivity contribution in [3.63, 3.8) is 0 Å². The molecule has 21 heavy (non-hydrogen) atoms. The lowest BCUT2D eigenvalue weighted by Gasteiger charge is -2.28. The van der Waals surface area contributed by atoms with Gasteiger partial charge in [-0.1, -0.05) is 30.3 Å². The van der Waals surface area contributed by atoms with Gasteiger partial charge in [0.15, 0.2) is 5.65 Å². The minimum Gasteiger partial charge on any atom is -0.294 e. The van der Waals surface area contributed by atoms with Gasteiger partial charge in [-0.25, -0.2) is 4.98 Å². The van der Waals surface area contributed by atoms with Crippen LogP contribution in [0.5, 0.6) is 0 Å². The first-order valence-electron chi connectivity index (χ1n) is 7.00. The molecule has 0 aliphatic carbocycles. The van der Waals surface area contributed by atoms with Gasteiger partial charge in [-0.15, -0.1) is 0 Å². The van der Waals surface area contributed by atoms with Crippen LogP contribution in [0.15, 0.2) is 41.3 Å². The predicted octanol–water partition coefficient (Wildman–Crippen LogP) is 1.14. The van der Waals surface area contributed by atoms with E-state index in [0.29, 0.717) is 24.1 Å². The molecule has 3 heterocycles. The Bertz CT molecular complexity index is 836. The third kappa shape index (κ3) is 2.13. The summed E-state index contributed by atoms with van der Waals surface area (Å²) in [5, 5.41) is 7.25. The quantitative estimate of drug-likeness (QED) is 0.765. The summed E-state index contributed by atoms with van der Waals surface area (Å²) < 4.78 is 1.76. The molecular formula is C15H15N5O. The second kappa shape index (κ2) is 4.82. The summed E-state index contributed by atoms with van der Waals surface area (Å²) in [5.74, 6) is 0.805. The van der Waals surface area contributed by atoms with E-state index in [1.54, 1.807) is 10.8 Å². The number of hydrogen-bond acceptors (Lipinski definition) is 4. The van der Waals surface area contributed by atoms with Gasteiger partial charge in [0.05, 0.1) is 12.7 Å². The lowest BCUT2D eigenvalue weighted by molar-refractivity contribution is 0.204. The van der Waals surface area contributed by atoms with Gasteiger partial charge in [-0.2, -0.15) is 5.10 Å². The van der Waals surface area contributed by atoms with E-state index in [1.165, 1.54) is 5.56 Å². The maximum absolute atomic E-state index is 12.3. The van der Waals surface area contributed by atoms with Crippen molar-refractivity contribution in [3.8, 4) is 0 Å². The van der Waals surface area contributed by atoms with Crippen LogP contribution in [0.2, 0.25) is 0 Å². The van der Waals surface area contributed by atoms with Crippen LogP contribution in [0.25, 0.3) is 11.0 Å². The molecule has 0 fully saturated rings. The van der Waals surface area contributed by atoms with Gasteiger partial charge in [-0.3, -0.25) is 19.4 Å². The van der Waals surface area contributed by atoms with Crippen molar-refractivity contribution in [2.75, 3.05) is 6.54 Å². The third-order valence-corrected chi connectivity index (χ3v) is 3.90. The van der Waals surface area contributed by atoms with Crippen molar-refractivity contribution in [2.45, 2.75) is 19.6 Å². The topological polar surface area (TPSA) is 66.8 Å². The second-order valence-electron chi connectivity index (χ2n) is 5.31. The van der Waals surface area contributed by atoms with E-state index in [4.69, 9.17) is 0 Å². The van der Waals surface area contributed by atoms with E-state index >= 15 is 0 Å². The first-order valence-corrected chi connectivity index (χ1v) is 7.00. The Kier molecular flexibility index (Phi) is 2.82. The lowest BCUT2D eigenvalue weighted by atomic mass is 10.2. The molecule has 0 saturated heterocycles. The SMILES string of the molecule is O=c1c2cn[nH]c2nc2n1CCN(Cc1ccccc1)C2. The summed E-state index contributed by atoms with van der Waals surface area (Å²) >= 11 is 0. The van der Waals surface area contributed by atoms with Crippen molar-refractivity contribution in [1.29, 1.82) is 0 Å². The lowest BCUT2D eigenvalue weighted by Crippen LogP contribution is -2.39. The molecule has 1 aliphatic rings. The number of fused-ring (bicyclic) bond motifs is 2. The summed E-state index contributed by atoms with van der Waals surface area (Å²) in [6.07, 6.45) is 1.55.